The van der Waals surface area contributed by atoms with E-state index in [1.165, 1.54) is 6.07 Å². The molecule has 1 aromatic carbocycles. The number of carbonyl (C=O) groups excluding carboxylic acids is 1. The van der Waals surface area contributed by atoms with E-state index >= 15 is 0 Å². The number of benzene rings is 1. The molecule has 1 aliphatic heterocycles. The molecule has 2 rings (SSSR count). The highest BCUT2D eigenvalue weighted by Crippen LogP contribution is 2.20. The number of nitrogens with zero attached hydrogens (tertiary/aromatic N) is 1. The smallest absolute Gasteiger partial charge is 0.272 e. The highest BCUT2D eigenvalue weighted by Gasteiger charge is 2.19. The molecule has 1 atom stereocenters. The van der Waals surface area contributed by atoms with Crippen molar-refractivity contribution in [1.29, 1.82) is 0 Å². The van der Waals surface area contributed by atoms with E-state index < -0.39 is 16.6 Å². The van der Waals surface area contributed by atoms with Gasteiger partial charge in [0.15, 0.2) is 5.82 Å². The van der Waals surface area contributed by atoms with Gasteiger partial charge < -0.3 is 15.4 Å². The fourth-order valence-electron chi connectivity index (χ4n) is 1.88. The molecule has 0 bridgehead atoms. The van der Waals surface area contributed by atoms with Crippen molar-refractivity contribution in [2.75, 3.05) is 25.0 Å². The molecular weight excluding hydrogens is 269 g/mol. The normalized spacial score (nSPS) is 18.6. The lowest BCUT2D eigenvalue weighted by Gasteiger charge is -2.23. The van der Waals surface area contributed by atoms with Gasteiger partial charge >= 0.3 is 0 Å². The first-order valence-corrected chi connectivity index (χ1v) is 6.12. The van der Waals surface area contributed by atoms with Crippen molar-refractivity contribution in [1.82, 2.24) is 5.32 Å². The number of hydrogen-bond donors (Lipinski definition) is 2. The van der Waals surface area contributed by atoms with E-state index in [0.29, 0.717) is 13.2 Å². The summed E-state index contributed by atoms with van der Waals surface area (Å²) in [4.78, 5) is 21.5. The van der Waals surface area contributed by atoms with Crippen LogP contribution in [0.4, 0.5) is 15.8 Å². The molecular formula is C12H14FN3O4. The largest absolute Gasteiger partial charge is 0.375 e. The number of non-ortho nitro benzene ring substituents is 1. The van der Waals surface area contributed by atoms with E-state index in [1.54, 1.807) is 0 Å². The van der Waals surface area contributed by atoms with Crippen molar-refractivity contribution in [2.24, 2.45) is 0 Å². The number of carbonyl (C=O) groups is 1. The summed E-state index contributed by atoms with van der Waals surface area (Å²) < 4.78 is 18.9. The summed E-state index contributed by atoms with van der Waals surface area (Å²) in [5.74, 6) is -1.23. The number of anilines is 1. The molecule has 108 valence electrons. The molecule has 1 heterocycles. The van der Waals surface area contributed by atoms with Crippen LogP contribution in [0.25, 0.3) is 0 Å². The van der Waals surface area contributed by atoms with Gasteiger partial charge in [0.2, 0.25) is 5.91 Å². The number of nitrogens with one attached hydrogen (secondary N) is 2. The van der Waals surface area contributed by atoms with Crippen molar-refractivity contribution >= 4 is 17.3 Å². The van der Waals surface area contributed by atoms with Gasteiger partial charge in [-0.1, -0.05) is 0 Å². The van der Waals surface area contributed by atoms with Gasteiger partial charge in [-0.2, -0.15) is 0 Å². The van der Waals surface area contributed by atoms with Crippen LogP contribution in [0.3, 0.4) is 0 Å². The molecule has 1 aliphatic rings. The molecule has 1 amide bonds. The standard InChI is InChI=1S/C12H14FN3O4/c13-10-5-8(16(18)19)1-2-11(10)15-12(17)6-9-7-14-3-4-20-9/h1-2,5,9,14H,3-4,6-7H2,(H,15,17). The zero-order valence-electron chi connectivity index (χ0n) is 10.6. The van der Waals surface area contributed by atoms with Gasteiger partial charge in [0, 0.05) is 19.2 Å². The second kappa shape index (κ2) is 6.40. The predicted octanol–water partition coefficient (Wildman–Crippen LogP) is 1.05. The van der Waals surface area contributed by atoms with Crippen molar-refractivity contribution < 1.29 is 18.8 Å². The number of ether oxygens (including phenoxy) is 1. The summed E-state index contributed by atoms with van der Waals surface area (Å²) in [6.45, 7) is 1.84. The lowest BCUT2D eigenvalue weighted by Crippen LogP contribution is -2.40. The monoisotopic (exact) mass is 283 g/mol. The minimum Gasteiger partial charge on any atom is -0.375 e. The molecule has 8 heteroatoms. The Hall–Kier alpha value is -2.06. The van der Waals surface area contributed by atoms with Crippen LogP contribution < -0.4 is 10.6 Å². The predicted molar refractivity (Wildman–Crippen MR) is 68.9 cm³/mol. The minimum atomic E-state index is -0.838. The maximum atomic E-state index is 13.6. The summed E-state index contributed by atoms with van der Waals surface area (Å²) in [5, 5.41) is 15.9. The third-order valence-electron chi connectivity index (χ3n) is 2.86. The fraction of sp³-hybridized carbons (Fsp3) is 0.417. The summed E-state index contributed by atoms with van der Waals surface area (Å²) >= 11 is 0. The third kappa shape index (κ3) is 3.72. The van der Waals surface area contributed by atoms with Gasteiger partial charge in [-0.05, 0) is 6.07 Å². The van der Waals surface area contributed by atoms with E-state index in [2.05, 4.69) is 10.6 Å². The van der Waals surface area contributed by atoms with Crippen LogP contribution in [0, 0.1) is 15.9 Å². The number of nitro benzene ring substituents is 1. The third-order valence-corrected chi connectivity index (χ3v) is 2.86. The first-order valence-electron chi connectivity index (χ1n) is 6.12. The Balaban J connectivity index is 1.95. The van der Waals surface area contributed by atoms with Crippen molar-refractivity contribution in [2.45, 2.75) is 12.5 Å². The van der Waals surface area contributed by atoms with Crippen LogP contribution in [0.2, 0.25) is 0 Å². The van der Waals surface area contributed by atoms with Crippen molar-refractivity contribution in [3.05, 3.63) is 34.1 Å². The highest BCUT2D eigenvalue weighted by molar-refractivity contribution is 5.91. The number of nitro groups is 1. The SMILES string of the molecule is O=C(CC1CNCCO1)Nc1ccc([N+](=O)[O-])cc1F. The van der Waals surface area contributed by atoms with Crippen molar-refractivity contribution in [3.63, 3.8) is 0 Å². The van der Waals surface area contributed by atoms with Crippen LogP contribution in [0.1, 0.15) is 6.42 Å². The van der Waals surface area contributed by atoms with Crippen LogP contribution in [-0.4, -0.2) is 36.6 Å². The molecule has 1 aromatic rings. The average Bonchev–Trinajstić information content (AvgIpc) is 2.42. The maximum Gasteiger partial charge on any atom is 0.272 e. The molecule has 1 fully saturated rings. The van der Waals surface area contributed by atoms with Gasteiger partial charge in [-0.25, -0.2) is 4.39 Å². The van der Waals surface area contributed by atoms with E-state index in [4.69, 9.17) is 4.74 Å². The van der Waals surface area contributed by atoms with Crippen LogP contribution >= 0.6 is 0 Å². The molecule has 0 spiro atoms. The summed E-state index contributed by atoms with van der Waals surface area (Å²) in [7, 11) is 0. The number of morpholine rings is 1. The molecule has 1 unspecified atom stereocenters. The van der Waals surface area contributed by atoms with Gasteiger partial charge in [0.1, 0.15) is 0 Å². The molecule has 0 aromatic heterocycles. The van der Waals surface area contributed by atoms with E-state index in [-0.39, 0.29) is 23.9 Å². The number of hydrogen-bond acceptors (Lipinski definition) is 5. The zero-order valence-corrected chi connectivity index (χ0v) is 10.6. The van der Waals surface area contributed by atoms with E-state index in [1.807, 2.05) is 0 Å². The highest BCUT2D eigenvalue weighted by atomic mass is 19.1. The summed E-state index contributed by atoms with van der Waals surface area (Å²) in [6, 6.07) is 3.08. The Bertz CT molecular complexity index is 517. The van der Waals surface area contributed by atoms with Gasteiger partial charge in [-0.15, -0.1) is 0 Å². The van der Waals surface area contributed by atoms with Crippen LogP contribution in [-0.2, 0) is 9.53 Å². The molecule has 1 saturated heterocycles. The summed E-state index contributed by atoms with van der Waals surface area (Å²) in [5.41, 5.74) is -0.440. The molecule has 0 saturated carbocycles. The number of amides is 1. The topological polar surface area (TPSA) is 93.5 Å². The maximum absolute atomic E-state index is 13.6. The molecule has 7 nitrogen and oxygen atoms in total. The molecule has 20 heavy (non-hydrogen) atoms. The first-order chi connectivity index (χ1) is 9.56. The molecule has 0 aliphatic carbocycles. The summed E-state index contributed by atoms with van der Waals surface area (Å²) in [6.07, 6.45) is -0.145. The average molecular weight is 283 g/mol. The molecule has 0 radical (unpaired) electrons. The Labute approximate surface area is 114 Å². The van der Waals surface area contributed by atoms with Crippen LogP contribution in [0.5, 0.6) is 0 Å². The lowest BCUT2D eigenvalue weighted by atomic mass is 10.2. The number of halogens is 1. The quantitative estimate of drug-likeness (QED) is 0.636. The van der Waals surface area contributed by atoms with E-state index in [9.17, 15) is 19.3 Å². The van der Waals surface area contributed by atoms with Gasteiger partial charge in [-0.3, -0.25) is 14.9 Å². The number of rotatable bonds is 4. The second-order valence-corrected chi connectivity index (χ2v) is 4.37. The van der Waals surface area contributed by atoms with E-state index in [0.717, 1.165) is 18.7 Å². The van der Waals surface area contributed by atoms with Crippen molar-refractivity contribution in [3.8, 4) is 0 Å². The van der Waals surface area contributed by atoms with Gasteiger partial charge in [0.25, 0.3) is 5.69 Å². The Morgan fingerprint density at radius 1 is 1.60 bits per heavy atom. The second-order valence-electron chi connectivity index (χ2n) is 4.37. The fourth-order valence-corrected chi connectivity index (χ4v) is 1.88. The minimum absolute atomic E-state index is 0.0793. The Morgan fingerprint density at radius 3 is 3.00 bits per heavy atom. The Kier molecular flexibility index (Phi) is 4.59. The van der Waals surface area contributed by atoms with Crippen LogP contribution in [0.15, 0.2) is 18.2 Å². The first kappa shape index (κ1) is 14.4. The molecule has 2 N–H and O–H groups in total. The lowest BCUT2D eigenvalue weighted by molar-refractivity contribution is -0.385. The Morgan fingerprint density at radius 2 is 2.40 bits per heavy atom. The zero-order chi connectivity index (χ0) is 14.5. The van der Waals surface area contributed by atoms with Gasteiger partial charge in [0.05, 0.1) is 35.8 Å².